The highest BCUT2D eigenvalue weighted by molar-refractivity contribution is 5.85. The molecule has 1 aliphatic rings. The third kappa shape index (κ3) is 4.66. The Morgan fingerprint density at radius 3 is 2.84 bits per heavy atom. The average molecular weight is 421 g/mol. The number of benzene rings is 1. The Hall–Kier alpha value is -3.06. The Kier molecular flexibility index (Phi) is 6.13. The van der Waals surface area contributed by atoms with Gasteiger partial charge in [0, 0.05) is 49.3 Å². The predicted molar refractivity (Wildman–Crippen MR) is 128 cm³/mol. The number of hydrogen-bond donors (Lipinski definition) is 2. The number of H-pyrrole nitrogens is 1. The molecule has 0 amide bonds. The molecule has 7 nitrogen and oxygen atoms in total. The molecule has 0 aliphatic carbocycles. The van der Waals surface area contributed by atoms with E-state index in [4.69, 9.17) is 0 Å². The van der Waals surface area contributed by atoms with E-state index in [0.29, 0.717) is 12.6 Å². The van der Waals surface area contributed by atoms with Crippen molar-refractivity contribution in [2.24, 2.45) is 0 Å². The number of carbonyl (C=O) groups excluding carboxylic acids is 1. The van der Waals surface area contributed by atoms with Gasteiger partial charge in [0.2, 0.25) is 0 Å². The van der Waals surface area contributed by atoms with Gasteiger partial charge < -0.3 is 29.8 Å². The maximum Gasteiger partial charge on any atom is 0.152 e. The van der Waals surface area contributed by atoms with Gasteiger partial charge in [0.05, 0.1) is 5.69 Å². The number of nitrogens with zero attached hydrogens (tertiary/aromatic N) is 4. The van der Waals surface area contributed by atoms with Crippen LogP contribution in [0.4, 0.5) is 17.3 Å². The maximum atomic E-state index is 12.1. The summed E-state index contributed by atoms with van der Waals surface area (Å²) in [6.45, 7) is 7.28. The van der Waals surface area contributed by atoms with Crippen LogP contribution in [0.2, 0.25) is 0 Å². The standard InChI is InChI=1S/C24H32N6O/c1-17(2)26-21-6-5-9-25-24(21)29-10-11-30(20(15-29)16-31)23-13-19-8-7-18(14-28(3)4)12-22(19)27-23/h5-9,12-13,16-17,20,26-27H,10-11,14-15H2,1-4H3. The minimum Gasteiger partial charge on any atom is -0.380 e. The molecule has 7 heteroatoms. The molecule has 164 valence electrons. The van der Waals surface area contributed by atoms with E-state index in [1.165, 1.54) is 5.56 Å². The van der Waals surface area contributed by atoms with Crippen molar-refractivity contribution < 1.29 is 4.79 Å². The minimum absolute atomic E-state index is 0.239. The fourth-order valence-corrected chi connectivity index (χ4v) is 4.27. The highest BCUT2D eigenvalue weighted by Crippen LogP contribution is 2.29. The van der Waals surface area contributed by atoms with Crippen LogP contribution in [0.5, 0.6) is 0 Å². The first-order chi connectivity index (χ1) is 14.9. The van der Waals surface area contributed by atoms with Crippen LogP contribution >= 0.6 is 0 Å². The van der Waals surface area contributed by atoms with E-state index < -0.39 is 0 Å². The van der Waals surface area contributed by atoms with Crippen molar-refractivity contribution in [2.75, 3.05) is 48.8 Å². The third-order valence-electron chi connectivity index (χ3n) is 5.59. The fourth-order valence-electron chi connectivity index (χ4n) is 4.27. The normalized spacial score (nSPS) is 17.0. The molecule has 2 aromatic heterocycles. The molecule has 0 radical (unpaired) electrons. The lowest BCUT2D eigenvalue weighted by Crippen LogP contribution is -2.54. The second-order valence-electron chi connectivity index (χ2n) is 8.83. The largest absolute Gasteiger partial charge is 0.380 e. The van der Waals surface area contributed by atoms with Gasteiger partial charge in [-0.25, -0.2) is 4.98 Å². The zero-order valence-corrected chi connectivity index (χ0v) is 18.8. The Bertz CT molecular complexity index is 1040. The molecule has 0 saturated carbocycles. The van der Waals surface area contributed by atoms with Gasteiger partial charge in [0.1, 0.15) is 18.1 Å². The minimum atomic E-state index is -0.239. The lowest BCUT2D eigenvalue weighted by molar-refractivity contribution is -0.109. The molecule has 1 aliphatic heterocycles. The number of aromatic nitrogens is 2. The van der Waals surface area contributed by atoms with Crippen LogP contribution in [0.15, 0.2) is 42.6 Å². The van der Waals surface area contributed by atoms with Gasteiger partial charge in [-0.05, 0) is 57.8 Å². The van der Waals surface area contributed by atoms with Crippen molar-refractivity contribution in [3.05, 3.63) is 48.2 Å². The topological polar surface area (TPSA) is 67.5 Å². The van der Waals surface area contributed by atoms with E-state index in [-0.39, 0.29) is 6.04 Å². The van der Waals surface area contributed by atoms with Gasteiger partial charge in [0.25, 0.3) is 0 Å². The van der Waals surface area contributed by atoms with Crippen molar-refractivity contribution in [3.63, 3.8) is 0 Å². The monoisotopic (exact) mass is 420 g/mol. The van der Waals surface area contributed by atoms with Crippen molar-refractivity contribution in [1.29, 1.82) is 0 Å². The number of aldehydes is 1. The molecular weight excluding hydrogens is 388 g/mol. The lowest BCUT2D eigenvalue weighted by Gasteiger charge is -2.40. The summed E-state index contributed by atoms with van der Waals surface area (Å²) >= 11 is 0. The zero-order chi connectivity index (χ0) is 22.0. The first kappa shape index (κ1) is 21.2. The van der Waals surface area contributed by atoms with Crippen LogP contribution in [-0.4, -0.2) is 67.0 Å². The highest BCUT2D eigenvalue weighted by Gasteiger charge is 2.29. The Balaban J connectivity index is 1.55. The van der Waals surface area contributed by atoms with Gasteiger partial charge in [-0.1, -0.05) is 12.1 Å². The third-order valence-corrected chi connectivity index (χ3v) is 5.59. The molecule has 0 spiro atoms. The zero-order valence-electron chi connectivity index (χ0n) is 18.8. The summed E-state index contributed by atoms with van der Waals surface area (Å²) in [4.78, 5) is 26.7. The summed E-state index contributed by atoms with van der Waals surface area (Å²) in [5, 5.41) is 4.63. The van der Waals surface area contributed by atoms with Crippen LogP contribution in [0.3, 0.4) is 0 Å². The number of rotatable bonds is 7. The second-order valence-corrected chi connectivity index (χ2v) is 8.83. The number of aromatic amines is 1. The quantitative estimate of drug-likeness (QED) is 0.572. The number of piperazine rings is 1. The van der Waals surface area contributed by atoms with Crippen LogP contribution in [-0.2, 0) is 11.3 Å². The molecule has 1 atom stereocenters. The maximum absolute atomic E-state index is 12.1. The van der Waals surface area contributed by atoms with Crippen molar-refractivity contribution in [2.45, 2.75) is 32.5 Å². The number of hydrogen-bond acceptors (Lipinski definition) is 6. The molecule has 1 unspecified atom stereocenters. The summed E-state index contributed by atoms with van der Waals surface area (Å²) < 4.78 is 0. The molecule has 0 bridgehead atoms. The van der Waals surface area contributed by atoms with E-state index in [1.807, 2.05) is 18.3 Å². The molecule has 1 aromatic carbocycles. The summed E-state index contributed by atoms with van der Waals surface area (Å²) in [6.07, 6.45) is 2.86. The van der Waals surface area contributed by atoms with Gasteiger partial charge >= 0.3 is 0 Å². The van der Waals surface area contributed by atoms with Crippen molar-refractivity contribution >= 4 is 34.5 Å². The molecule has 4 rings (SSSR count). The molecule has 31 heavy (non-hydrogen) atoms. The van der Waals surface area contributed by atoms with Crippen molar-refractivity contribution in [1.82, 2.24) is 14.9 Å². The molecule has 3 aromatic rings. The van der Waals surface area contributed by atoms with E-state index >= 15 is 0 Å². The smallest absolute Gasteiger partial charge is 0.152 e. The van der Waals surface area contributed by atoms with E-state index in [0.717, 1.165) is 54.1 Å². The van der Waals surface area contributed by atoms with Gasteiger partial charge in [-0.2, -0.15) is 0 Å². The SMILES string of the molecule is CC(C)Nc1cccnc1N1CCN(c2cc3ccc(CN(C)C)cc3[nH]2)C(C=O)C1. The number of carbonyl (C=O) groups is 1. The van der Waals surface area contributed by atoms with Gasteiger partial charge in [-0.15, -0.1) is 0 Å². The van der Waals surface area contributed by atoms with Crippen molar-refractivity contribution in [3.8, 4) is 0 Å². The first-order valence-corrected chi connectivity index (χ1v) is 10.9. The summed E-state index contributed by atoms with van der Waals surface area (Å²) in [6, 6.07) is 12.7. The molecular formula is C24H32N6O. The Morgan fingerprint density at radius 1 is 1.26 bits per heavy atom. The van der Waals surface area contributed by atoms with E-state index in [2.05, 4.69) is 82.2 Å². The number of pyridine rings is 1. The van der Waals surface area contributed by atoms with Gasteiger partial charge in [0.15, 0.2) is 5.82 Å². The predicted octanol–water partition coefficient (Wildman–Crippen LogP) is 3.34. The van der Waals surface area contributed by atoms with E-state index in [1.54, 1.807) is 0 Å². The average Bonchev–Trinajstić information content (AvgIpc) is 3.16. The molecule has 3 heterocycles. The van der Waals surface area contributed by atoms with Crippen LogP contribution in [0, 0.1) is 0 Å². The fraction of sp³-hybridized carbons (Fsp3) is 0.417. The first-order valence-electron chi connectivity index (χ1n) is 10.9. The summed E-state index contributed by atoms with van der Waals surface area (Å²) in [7, 11) is 4.14. The molecule has 1 fully saturated rings. The Labute approximate surface area is 184 Å². The molecule has 1 saturated heterocycles. The van der Waals surface area contributed by atoms with E-state index in [9.17, 15) is 4.79 Å². The Morgan fingerprint density at radius 2 is 2.10 bits per heavy atom. The van der Waals surface area contributed by atoms with Gasteiger partial charge in [-0.3, -0.25) is 0 Å². The highest BCUT2D eigenvalue weighted by atomic mass is 16.1. The number of fused-ring (bicyclic) bond motifs is 1. The summed E-state index contributed by atoms with van der Waals surface area (Å²) in [5.74, 6) is 1.91. The lowest BCUT2D eigenvalue weighted by atomic mass is 10.1. The number of nitrogens with one attached hydrogen (secondary N) is 2. The van der Waals surface area contributed by atoms with Crippen LogP contribution < -0.4 is 15.1 Å². The molecule has 2 N–H and O–H groups in total. The summed E-state index contributed by atoms with van der Waals surface area (Å²) in [5.41, 5.74) is 3.38. The van der Waals surface area contributed by atoms with Crippen LogP contribution in [0.25, 0.3) is 10.9 Å². The number of anilines is 3. The second kappa shape index (κ2) is 8.98. The van der Waals surface area contributed by atoms with Crippen LogP contribution in [0.1, 0.15) is 19.4 Å².